The first-order chi connectivity index (χ1) is 18.9. The average molecular weight is 564 g/mol. The molecular formula is C33H41NO5S. The summed E-state index contributed by atoms with van der Waals surface area (Å²) in [5.41, 5.74) is 4.57. The van der Waals surface area contributed by atoms with Crippen molar-refractivity contribution < 1.29 is 22.7 Å². The monoisotopic (exact) mass is 563 g/mol. The van der Waals surface area contributed by atoms with Gasteiger partial charge in [0.05, 0.1) is 4.90 Å². The van der Waals surface area contributed by atoms with E-state index in [1.54, 1.807) is 18.2 Å². The van der Waals surface area contributed by atoms with E-state index in [9.17, 15) is 13.2 Å². The molecule has 0 aromatic heterocycles. The van der Waals surface area contributed by atoms with Crippen LogP contribution in [0.15, 0.2) is 71.6 Å². The van der Waals surface area contributed by atoms with Crippen molar-refractivity contribution in [1.82, 2.24) is 5.32 Å². The molecule has 0 spiro atoms. The highest BCUT2D eigenvalue weighted by molar-refractivity contribution is 7.91. The van der Waals surface area contributed by atoms with E-state index in [-0.39, 0.29) is 18.5 Å². The van der Waals surface area contributed by atoms with Crippen LogP contribution in [0, 0.1) is 0 Å². The molecule has 0 amide bonds. The molecule has 0 heterocycles. The molecule has 0 fully saturated rings. The normalized spacial score (nSPS) is 15.8. The lowest BCUT2D eigenvalue weighted by molar-refractivity contribution is -0.157. The molecule has 0 saturated carbocycles. The molecule has 0 radical (unpaired) electrons. The molecular weight excluding hydrogens is 522 g/mol. The number of hydrogen-bond acceptors (Lipinski definition) is 6. The number of nitrogens with one attached hydrogen (secondary N) is 1. The first-order valence-corrected chi connectivity index (χ1v) is 15.7. The molecule has 3 aromatic rings. The summed E-state index contributed by atoms with van der Waals surface area (Å²) in [6.45, 7) is 9.59. The third-order valence-electron chi connectivity index (χ3n) is 7.08. The average Bonchev–Trinajstić information content (AvgIpc) is 3.12. The first kappa shape index (κ1) is 29.8. The Hall–Kier alpha value is -3.16. The van der Waals surface area contributed by atoms with Gasteiger partial charge in [-0.2, -0.15) is 0 Å². The van der Waals surface area contributed by atoms with Crippen LogP contribution in [-0.2, 0) is 25.8 Å². The smallest absolute Gasteiger partial charge is 0.344 e. The van der Waals surface area contributed by atoms with Gasteiger partial charge >= 0.3 is 5.97 Å². The highest BCUT2D eigenvalue weighted by Crippen LogP contribution is 2.35. The zero-order chi connectivity index (χ0) is 28.9. The van der Waals surface area contributed by atoms with Gasteiger partial charge in [-0.05, 0) is 92.0 Å². The zero-order valence-electron chi connectivity index (χ0n) is 24.2. The van der Waals surface area contributed by atoms with E-state index in [0.29, 0.717) is 16.6 Å². The number of esters is 1. The van der Waals surface area contributed by atoms with Crippen LogP contribution in [-0.4, -0.2) is 32.5 Å². The van der Waals surface area contributed by atoms with Gasteiger partial charge < -0.3 is 9.47 Å². The second-order valence-electron chi connectivity index (χ2n) is 11.8. The standard InChI is InChI=1S/C33H41NO5S/c1-23(2)24-11-8-12-25(19-24)26-13-9-14-27(20-26)40(36,37)22-34-30-17-7-6-15-29-28(30)16-10-18-31(29)38-21-32(35)39-33(3,4)5/h8-14,16,18-20,23,30,34H,6-7,15,17,21-22H2,1-5H3. The number of sulfone groups is 1. The van der Waals surface area contributed by atoms with Crippen LogP contribution >= 0.6 is 0 Å². The van der Waals surface area contributed by atoms with Gasteiger partial charge in [-0.25, -0.2) is 13.2 Å². The largest absolute Gasteiger partial charge is 0.482 e. The lowest BCUT2D eigenvalue weighted by Gasteiger charge is -2.22. The van der Waals surface area contributed by atoms with Crippen molar-refractivity contribution in [3.05, 3.63) is 83.4 Å². The molecule has 7 heteroatoms. The molecule has 3 aromatic carbocycles. The lowest BCUT2D eigenvalue weighted by atomic mass is 9.97. The third-order valence-corrected chi connectivity index (χ3v) is 8.60. The van der Waals surface area contributed by atoms with Crippen molar-refractivity contribution in [3.8, 4) is 16.9 Å². The van der Waals surface area contributed by atoms with Crippen molar-refractivity contribution in [2.24, 2.45) is 0 Å². The molecule has 0 aliphatic heterocycles. The van der Waals surface area contributed by atoms with Crippen LogP contribution in [0.4, 0.5) is 0 Å². The highest BCUT2D eigenvalue weighted by Gasteiger charge is 2.25. The van der Waals surface area contributed by atoms with Crippen LogP contribution in [0.5, 0.6) is 5.75 Å². The van der Waals surface area contributed by atoms with Gasteiger partial charge in [0.25, 0.3) is 0 Å². The second-order valence-corrected chi connectivity index (χ2v) is 13.8. The van der Waals surface area contributed by atoms with Crippen LogP contribution in [0.25, 0.3) is 11.1 Å². The second kappa shape index (κ2) is 12.6. The summed E-state index contributed by atoms with van der Waals surface area (Å²) in [7, 11) is -3.58. The molecule has 1 N–H and O–H groups in total. The summed E-state index contributed by atoms with van der Waals surface area (Å²) in [5, 5.41) is 3.33. The van der Waals surface area contributed by atoms with Gasteiger partial charge in [0, 0.05) is 6.04 Å². The van der Waals surface area contributed by atoms with Crippen molar-refractivity contribution in [3.63, 3.8) is 0 Å². The van der Waals surface area contributed by atoms with E-state index in [1.165, 1.54) is 5.56 Å². The van der Waals surface area contributed by atoms with Crippen LogP contribution in [0.1, 0.15) is 82.5 Å². The minimum atomic E-state index is -3.58. The van der Waals surface area contributed by atoms with Gasteiger partial charge in [-0.1, -0.05) is 68.8 Å². The Kier molecular flexibility index (Phi) is 9.37. The summed E-state index contributed by atoms with van der Waals surface area (Å²) >= 11 is 0. The van der Waals surface area contributed by atoms with Crippen LogP contribution in [0.3, 0.4) is 0 Å². The van der Waals surface area contributed by atoms with E-state index in [0.717, 1.165) is 47.9 Å². The van der Waals surface area contributed by atoms with Gasteiger partial charge in [-0.15, -0.1) is 0 Å². The molecule has 1 atom stereocenters. The van der Waals surface area contributed by atoms with Gasteiger partial charge in [-0.3, -0.25) is 5.32 Å². The van der Waals surface area contributed by atoms with E-state index >= 15 is 0 Å². The predicted molar refractivity (Wildman–Crippen MR) is 159 cm³/mol. The first-order valence-electron chi connectivity index (χ1n) is 14.1. The van der Waals surface area contributed by atoms with Gasteiger partial charge in [0.1, 0.15) is 17.2 Å². The van der Waals surface area contributed by atoms with Crippen molar-refractivity contribution in [2.75, 3.05) is 12.5 Å². The maximum Gasteiger partial charge on any atom is 0.344 e. The fraction of sp³-hybridized carbons (Fsp3) is 0.424. The fourth-order valence-electron chi connectivity index (χ4n) is 5.08. The SMILES string of the molecule is CC(C)c1cccc(-c2cccc(S(=O)(=O)CNC3CCCCc4c(OCC(=O)OC(C)(C)C)cccc43)c2)c1. The molecule has 1 aliphatic rings. The molecule has 4 rings (SSSR count). The quantitative estimate of drug-likeness (QED) is 0.223. The summed E-state index contributed by atoms with van der Waals surface area (Å²) in [5.74, 6) is 0.450. The number of carbonyl (C=O) groups excluding carboxylic acids is 1. The van der Waals surface area contributed by atoms with Crippen LogP contribution in [0.2, 0.25) is 0 Å². The molecule has 40 heavy (non-hydrogen) atoms. The van der Waals surface area contributed by atoms with Crippen molar-refractivity contribution >= 4 is 15.8 Å². The van der Waals surface area contributed by atoms with E-state index in [1.807, 2.05) is 57.2 Å². The van der Waals surface area contributed by atoms with Gasteiger partial charge in [0.2, 0.25) is 0 Å². The minimum absolute atomic E-state index is 0.136. The number of hydrogen-bond donors (Lipinski definition) is 1. The molecule has 6 nitrogen and oxygen atoms in total. The van der Waals surface area contributed by atoms with E-state index < -0.39 is 21.4 Å². The number of rotatable bonds is 9. The summed E-state index contributed by atoms with van der Waals surface area (Å²) < 4.78 is 38.2. The summed E-state index contributed by atoms with van der Waals surface area (Å²) in [6, 6.07) is 21.1. The molecule has 1 unspecified atom stereocenters. The third kappa shape index (κ3) is 7.73. The number of ether oxygens (including phenoxy) is 2. The maximum atomic E-state index is 13.5. The Balaban J connectivity index is 1.50. The Bertz CT molecular complexity index is 1440. The topological polar surface area (TPSA) is 81.7 Å². The Morgan fingerprint density at radius 1 is 0.975 bits per heavy atom. The van der Waals surface area contributed by atoms with Crippen molar-refractivity contribution in [2.45, 2.75) is 82.8 Å². The Labute approximate surface area is 239 Å². The van der Waals surface area contributed by atoms with E-state index in [4.69, 9.17) is 9.47 Å². The number of benzene rings is 3. The molecule has 1 aliphatic carbocycles. The minimum Gasteiger partial charge on any atom is -0.482 e. The molecule has 0 bridgehead atoms. The van der Waals surface area contributed by atoms with Crippen molar-refractivity contribution in [1.29, 1.82) is 0 Å². The Morgan fingerprint density at radius 2 is 1.68 bits per heavy atom. The number of fused-ring (bicyclic) bond motifs is 1. The summed E-state index contributed by atoms with van der Waals surface area (Å²) in [4.78, 5) is 12.5. The maximum absolute atomic E-state index is 13.5. The number of carbonyl (C=O) groups is 1. The zero-order valence-corrected chi connectivity index (χ0v) is 25.0. The van der Waals surface area contributed by atoms with Gasteiger partial charge in [0.15, 0.2) is 16.4 Å². The summed E-state index contributed by atoms with van der Waals surface area (Å²) in [6.07, 6.45) is 3.55. The van der Waals surface area contributed by atoms with E-state index in [2.05, 4.69) is 31.3 Å². The fourth-order valence-corrected chi connectivity index (χ4v) is 6.26. The lowest BCUT2D eigenvalue weighted by Crippen LogP contribution is -2.28. The molecule has 0 saturated heterocycles. The predicted octanol–water partition coefficient (Wildman–Crippen LogP) is 6.99. The Morgan fingerprint density at radius 3 is 2.40 bits per heavy atom. The van der Waals surface area contributed by atoms with Crippen LogP contribution < -0.4 is 10.1 Å². The highest BCUT2D eigenvalue weighted by atomic mass is 32.2. The molecule has 214 valence electrons.